The first kappa shape index (κ1) is 20.1. The smallest absolute Gasteiger partial charge is 0.236 e. The number of thioether (sulfide) groups is 1. The first-order valence-electron chi connectivity index (χ1n) is 9.11. The lowest BCUT2D eigenvalue weighted by molar-refractivity contribution is -0.114. The lowest BCUT2D eigenvalue weighted by atomic mass is 10.3. The molecule has 0 saturated heterocycles. The Morgan fingerprint density at radius 2 is 2.10 bits per heavy atom. The molecule has 154 valence electrons. The molecular formula is C19H18N6O3S2. The number of aromatic nitrogens is 4. The van der Waals surface area contributed by atoms with E-state index in [1.54, 1.807) is 24.5 Å². The van der Waals surface area contributed by atoms with Crippen molar-refractivity contribution in [1.29, 1.82) is 0 Å². The minimum absolute atomic E-state index is 0.139. The summed E-state index contributed by atoms with van der Waals surface area (Å²) in [6, 6.07) is 9.03. The fourth-order valence-corrected chi connectivity index (χ4v) is 4.54. The van der Waals surface area contributed by atoms with E-state index in [4.69, 9.17) is 4.42 Å². The number of hydrogen-bond acceptors (Lipinski definition) is 8. The number of nitrogens with zero attached hydrogens (tertiary/aromatic N) is 4. The molecule has 4 aromatic rings. The van der Waals surface area contributed by atoms with Gasteiger partial charge in [0.1, 0.15) is 0 Å². The maximum absolute atomic E-state index is 12.4. The Morgan fingerprint density at radius 1 is 1.23 bits per heavy atom. The van der Waals surface area contributed by atoms with Gasteiger partial charge in [0.05, 0.1) is 22.2 Å². The first-order chi connectivity index (χ1) is 14.5. The van der Waals surface area contributed by atoms with Gasteiger partial charge >= 0.3 is 0 Å². The van der Waals surface area contributed by atoms with Crippen molar-refractivity contribution in [3.63, 3.8) is 0 Å². The summed E-state index contributed by atoms with van der Waals surface area (Å²) in [6.07, 6.45) is 1.58. The summed E-state index contributed by atoms with van der Waals surface area (Å²) < 4.78 is 8.17. The SMILES string of the molecule is CCn1c(SCC(=O)Nc2nc3ccc(NC(C)=O)cc3s2)nnc1-c1ccco1. The van der Waals surface area contributed by atoms with E-state index < -0.39 is 0 Å². The predicted molar refractivity (Wildman–Crippen MR) is 117 cm³/mol. The van der Waals surface area contributed by atoms with E-state index in [0.29, 0.717) is 34.1 Å². The topological polar surface area (TPSA) is 115 Å². The van der Waals surface area contributed by atoms with Gasteiger partial charge in [-0.1, -0.05) is 23.1 Å². The largest absolute Gasteiger partial charge is 0.461 e. The minimum Gasteiger partial charge on any atom is -0.461 e. The summed E-state index contributed by atoms with van der Waals surface area (Å²) >= 11 is 2.65. The number of fused-ring (bicyclic) bond motifs is 1. The van der Waals surface area contributed by atoms with Crippen LogP contribution < -0.4 is 10.6 Å². The number of nitrogens with one attached hydrogen (secondary N) is 2. The van der Waals surface area contributed by atoms with Crippen LogP contribution in [0.5, 0.6) is 0 Å². The average molecular weight is 443 g/mol. The molecule has 3 aromatic heterocycles. The number of rotatable bonds is 7. The molecule has 0 aliphatic rings. The quantitative estimate of drug-likeness (QED) is 0.418. The van der Waals surface area contributed by atoms with E-state index in [0.717, 1.165) is 10.2 Å². The van der Waals surface area contributed by atoms with E-state index >= 15 is 0 Å². The molecule has 4 rings (SSSR count). The maximum atomic E-state index is 12.4. The number of hydrogen-bond donors (Lipinski definition) is 2. The van der Waals surface area contributed by atoms with Crippen LogP contribution in [0.4, 0.5) is 10.8 Å². The van der Waals surface area contributed by atoms with Gasteiger partial charge < -0.3 is 15.1 Å². The van der Waals surface area contributed by atoms with Crippen LogP contribution in [-0.4, -0.2) is 37.3 Å². The molecule has 1 aromatic carbocycles. The molecule has 0 radical (unpaired) electrons. The van der Waals surface area contributed by atoms with Gasteiger partial charge in [-0.05, 0) is 37.3 Å². The predicted octanol–water partition coefficient (Wildman–Crippen LogP) is 3.86. The zero-order chi connectivity index (χ0) is 21.1. The summed E-state index contributed by atoms with van der Waals surface area (Å²) in [5.74, 6) is 1.11. The van der Waals surface area contributed by atoms with Gasteiger partial charge in [0.25, 0.3) is 0 Å². The Bertz CT molecular complexity index is 1200. The van der Waals surface area contributed by atoms with Crippen molar-refractivity contribution in [3.05, 3.63) is 36.6 Å². The highest BCUT2D eigenvalue weighted by atomic mass is 32.2. The Hall–Kier alpha value is -3.18. The molecule has 30 heavy (non-hydrogen) atoms. The maximum Gasteiger partial charge on any atom is 0.236 e. The summed E-state index contributed by atoms with van der Waals surface area (Å²) in [5, 5.41) is 15.1. The fraction of sp³-hybridized carbons (Fsp3) is 0.211. The van der Waals surface area contributed by atoms with Gasteiger partial charge in [-0.2, -0.15) is 0 Å². The molecule has 0 aliphatic carbocycles. The van der Waals surface area contributed by atoms with Crippen molar-refractivity contribution >= 4 is 55.9 Å². The molecule has 0 aliphatic heterocycles. The van der Waals surface area contributed by atoms with Gasteiger partial charge in [0.15, 0.2) is 21.9 Å². The molecular weight excluding hydrogens is 424 g/mol. The van der Waals surface area contributed by atoms with Crippen LogP contribution in [0, 0.1) is 0 Å². The van der Waals surface area contributed by atoms with E-state index in [1.807, 2.05) is 23.6 Å². The third kappa shape index (κ3) is 4.36. The zero-order valence-corrected chi connectivity index (χ0v) is 17.8. The monoisotopic (exact) mass is 442 g/mol. The summed E-state index contributed by atoms with van der Waals surface area (Å²) in [7, 11) is 0. The van der Waals surface area contributed by atoms with E-state index in [-0.39, 0.29) is 17.6 Å². The lowest BCUT2D eigenvalue weighted by Crippen LogP contribution is -2.14. The number of anilines is 2. The Labute approximate surface area is 179 Å². The third-order valence-corrected chi connectivity index (χ3v) is 5.96. The average Bonchev–Trinajstić information content (AvgIpc) is 3.44. The van der Waals surface area contributed by atoms with Crippen LogP contribution in [0.25, 0.3) is 21.8 Å². The molecule has 2 N–H and O–H groups in total. The summed E-state index contributed by atoms with van der Waals surface area (Å²) in [5.41, 5.74) is 1.45. The van der Waals surface area contributed by atoms with E-state index in [2.05, 4.69) is 25.8 Å². The molecule has 0 unspecified atom stereocenters. The van der Waals surface area contributed by atoms with Crippen molar-refractivity contribution in [3.8, 4) is 11.6 Å². The molecule has 3 heterocycles. The molecule has 0 fully saturated rings. The highest BCUT2D eigenvalue weighted by Gasteiger charge is 2.17. The van der Waals surface area contributed by atoms with Crippen molar-refractivity contribution in [1.82, 2.24) is 19.7 Å². The number of amides is 2. The van der Waals surface area contributed by atoms with Gasteiger partial charge in [0, 0.05) is 19.2 Å². The van der Waals surface area contributed by atoms with Crippen molar-refractivity contribution in [2.24, 2.45) is 0 Å². The molecule has 0 atom stereocenters. The number of benzene rings is 1. The summed E-state index contributed by atoms with van der Waals surface area (Å²) in [4.78, 5) is 28.0. The number of thiazole rings is 1. The molecule has 0 bridgehead atoms. The number of furan rings is 1. The lowest BCUT2D eigenvalue weighted by Gasteiger charge is -2.05. The summed E-state index contributed by atoms with van der Waals surface area (Å²) in [6.45, 7) is 4.09. The minimum atomic E-state index is -0.189. The second kappa shape index (κ2) is 8.67. The van der Waals surface area contributed by atoms with Crippen molar-refractivity contribution < 1.29 is 14.0 Å². The van der Waals surface area contributed by atoms with Gasteiger partial charge in [0.2, 0.25) is 11.8 Å². The highest BCUT2D eigenvalue weighted by molar-refractivity contribution is 7.99. The van der Waals surface area contributed by atoms with Gasteiger partial charge in [-0.3, -0.25) is 14.2 Å². The van der Waals surface area contributed by atoms with Gasteiger partial charge in [-0.25, -0.2) is 4.98 Å². The highest BCUT2D eigenvalue weighted by Crippen LogP contribution is 2.29. The molecule has 0 saturated carbocycles. The second-order valence-electron chi connectivity index (χ2n) is 6.25. The first-order valence-corrected chi connectivity index (χ1v) is 10.9. The zero-order valence-electron chi connectivity index (χ0n) is 16.2. The number of carbonyl (C=O) groups is 2. The van der Waals surface area contributed by atoms with Crippen LogP contribution in [0.15, 0.2) is 46.2 Å². The van der Waals surface area contributed by atoms with Crippen LogP contribution in [0.1, 0.15) is 13.8 Å². The molecule has 11 heteroatoms. The van der Waals surface area contributed by atoms with E-state index in [1.165, 1.54) is 30.0 Å². The van der Waals surface area contributed by atoms with Crippen LogP contribution >= 0.6 is 23.1 Å². The van der Waals surface area contributed by atoms with Gasteiger partial charge in [-0.15, -0.1) is 10.2 Å². The second-order valence-corrected chi connectivity index (χ2v) is 8.22. The standard InChI is InChI=1S/C19H18N6O3S2/c1-3-25-17(14-5-4-8-28-14)23-24-19(25)29-10-16(27)22-18-21-13-7-6-12(20-11(2)26)9-15(13)30-18/h4-9H,3,10H2,1-2H3,(H,20,26)(H,21,22,27). The van der Waals surface area contributed by atoms with E-state index in [9.17, 15) is 9.59 Å². The van der Waals surface area contributed by atoms with Crippen LogP contribution in [0.2, 0.25) is 0 Å². The van der Waals surface area contributed by atoms with Crippen LogP contribution in [-0.2, 0) is 16.1 Å². The fourth-order valence-electron chi connectivity index (χ4n) is 2.81. The van der Waals surface area contributed by atoms with Crippen molar-refractivity contribution in [2.75, 3.05) is 16.4 Å². The van der Waals surface area contributed by atoms with Crippen molar-refractivity contribution in [2.45, 2.75) is 25.5 Å². The Morgan fingerprint density at radius 3 is 2.83 bits per heavy atom. The normalized spacial score (nSPS) is 11.0. The van der Waals surface area contributed by atoms with Crippen LogP contribution in [0.3, 0.4) is 0 Å². The molecule has 9 nitrogen and oxygen atoms in total. The Balaban J connectivity index is 1.41. The molecule has 2 amide bonds. The third-order valence-electron chi connectivity index (χ3n) is 4.06. The Kier molecular flexibility index (Phi) is 5.81. The number of carbonyl (C=O) groups excluding carboxylic acids is 2. The molecule has 0 spiro atoms.